The van der Waals surface area contributed by atoms with Gasteiger partial charge in [-0.25, -0.2) is 13.8 Å². The van der Waals surface area contributed by atoms with Crippen LogP contribution in [-0.4, -0.2) is 85.5 Å². The van der Waals surface area contributed by atoms with E-state index in [4.69, 9.17) is 4.74 Å². The zero-order valence-electron chi connectivity index (χ0n) is 16.3. The number of morpholine rings is 1. The van der Waals surface area contributed by atoms with E-state index in [1.807, 2.05) is 4.90 Å². The number of ether oxygens (including phenoxy) is 1. The number of fused-ring (bicyclic) bond motifs is 1. The lowest BCUT2D eigenvalue weighted by molar-refractivity contribution is 0.0700. The topological polar surface area (TPSA) is 88.0 Å². The van der Waals surface area contributed by atoms with Crippen molar-refractivity contribution in [2.24, 2.45) is 0 Å². The molecule has 2 saturated heterocycles. The van der Waals surface area contributed by atoms with Gasteiger partial charge < -0.3 is 9.64 Å². The summed E-state index contributed by atoms with van der Waals surface area (Å²) in [6.07, 6.45) is -1.50. The SMILES string of the molecule is O=c1c2ccc(N3CCN(S(=O)(=O)N4CCOCC4)CC3)cc2ncn1CC(F)F. The van der Waals surface area contributed by atoms with Crippen molar-refractivity contribution < 1.29 is 21.9 Å². The molecule has 0 atom stereocenters. The molecule has 0 aliphatic carbocycles. The molecule has 2 aromatic rings. The van der Waals surface area contributed by atoms with E-state index in [-0.39, 0.29) is 5.39 Å². The molecule has 12 heteroatoms. The first-order valence-corrected chi connectivity index (χ1v) is 11.1. The van der Waals surface area contributed by atoms with Crippen molar-refractivity contribution in [1.82, 2.24) is 18.2 Å². The van der Waals surface area contributed by atoms with E-state index in [9.17, 15) is 22.0 Å². The summed E-state index contributed by atoms with van der Waals surface area (Å²) < 4.78 is 59.8. The molecule has 0 bridgehead atoms. The molecule has 0 spiro atoms. The number of anilines is 1. The van der Waals surface area contributed by atoms with Gasteiger partial charge in [0.05, 0.1) is 37.0 Å². The highest BCUT2D eigenvalue weighted by atomic mass is 32.2. The Hall–Kier alpha value is -2.15. The van der Waals surface area contributed by atoms with Crippen LogP contribution in [0.4, 0.5) is 14.5 Å². The Balaban J connectivity index is 1.47. The van der Waals surface area contributed by atoms with E-state index >= 15 is 0 Å². The summed E-state index contributed by atoms with van der Waals surface area (Å²) in [5.41, 5.74) is 0.726. The van der Waals surface area contributed by atoms with Gasteiger partial charge in [0.15, 0.2) is 0 Å². The first-order chi connectivity index (χ1) is 14.4. The molecule has 0 N–H and O–H groups in total. The number of halogens is 2. The van der Waals surface area contributed by atoms with Crippen LogP contribution in [0.2, 0.25) is 0 Å². The summed E-state index contributed by atoms with van der Waals surface area (Å²) in [5, 5.41) is 0.274. The Bertz CT molecular complexity index is 1060. The molecular weight excluding hydrogens is 420 g/mol. The second kappa shape index (κ2) is 8.53. The van der Waals surface area contributed by atoms with E-state index in [1.54, 1.807) is 18.2 Å². The zero-order valence-corrected chi connectivity index (χ0v) is 17.1. The maximum absolute atomic E-state index is 12.8. The molecule has 3 heterocycles. The number of aromatic nitrogens is 2. The fourth-order valence-electron chi connectivity index (χ4n) is 3.74. The molecule has 0 unspecified atom stereocenters. The molecule has 30 heavy (non-hydrogen) atoms. The van der Waals surface area contributed by atoms with Crippen LogP contribution >= 0.6 is 0 Å². The van der Waals surface area contributed by atoms with Crippen LogP contribution in [0.15, 0.2) is 29.3 Å². The summed E-state index contributed by atoms with van der Waals surface area (Å²) in [4.78, 5) is 18.5. The van der Waals surface area contributed by atoms with Crippen LogP contribution < -0.4 is 10.5 Å². The molecule has 0 saturated carbocycles. The van der Waals surface area contributed by atoms with Crippen LogP contribution in [0.3, 0.4) is 0 Å². The number of hydrogen-bond acceptors (Lipinski definition) is 6. The monoisotopic (exact) mass is 443 g/mol. The summed E-state index contributed by atoms with van der Waals surface area (Å²) >= 11 is 0. The Morgan fingerprint density at radius 1 is 1.03 bits per heavy atom. The largest absolute Gasteiger partial charge is 0.379 e. The second-order valence-electron chi connectivity index (χ2n) is 7.20. The van der Waals surface area contributed by atoms with E-state index in [0.717, 1.165) is 16.6 Å². The first-order valence-electron chi connectivity index (χ1n) is 9.71. The predicted molar refractivity (Wildman–Crippen MR) is 107 cm³/mol. The van der Waals surface area contributed by atoms with Crippen molar-refractivity contribution in [1.29, 1.82) is 0 Å². The molecule has 1 aromatic carbocycles. The van der Waals surface area contributed by atoms with Crippen LogP contribution in [0.25, 0.3) is 10.9 Å². The predicted octanol–water partition coefficient (Wildman–Crippen LogP) is 0.361. The highest BCUT2D eigenvalue weighted by Crippen LogP contribution is 2.22. The molecule has 4 rings (SSSR count). The maximum atomic E-state index is 12.8. The van der Waals surface area contributed by atoms with Crippen molar-refractivity contribution >= 4 is 26.8 Å². The second-order valence-corrected chi connectivity index (χ2v) is 9.13. The minimum absolute atomic E-state index is 0.274. The third-order valence-electron chi connectivity index (χ3n) is 5.37. The van der Waals surface area contributed by atoms with Gasteiger partial charge in [0.25, 0.3) is 22.2 Å². The third kappa shape index (κ3) is 4.17. The molecule has 0 amide bonds. The fraction of sp³-hybridized carbons (Fsp3) is 0.556. The normalized spacial score (nSPS) is 19.6. The minimum atomic E-state index is -3.50. The Morgan fingerprint density at radius 2 is 1.70 bits per heavy atom. The number of piperazine rings is 1. The molecule has 0 radical (unpaired) electrons. The highest BCUT2D eigenvalue weighted by Gasteiger charge is 2.33. The molecule has 2 aliphatic rings. The Kier molecular flexibility index (Phi) is 6.00. The zero-order chi connectivity index (χ0) is 21.3. The standard InChI is InChI=1S/C18H23F2N5O4S/c19-17(20)12-23-13-21-16-11-14(1-2-15(16)18(23)26)22-3-5-24(6-4-22)30(27,28)25-7-9-29-10-8-25/h1-2,11,13,17H,3-10,12H2. The van der Waals surface area contributed by atoms with Crippen molar-refractivity contribution in [2.45, 2.75) is 13.0 Å². The highest BCUT2D eigenvalue weighted by molar-refractivity contribution is 7.86. The van der Waals surface area contributed by atoms with Gasteiger partial charge in [0.1, 0.15) is 0 Å². The van der Waals surface area contributed by atoms with Gasteiger partial charge in [-0.3, -0.25) is 9.36 Å². The lowest BCUT2D eigenvalue weighted by Crippen LogP contribution is -2.55. The summed E-state index contributed by atoms with van der Waals surface area (Å²) in [5.74, 6) is 0. The van der Waals surface area contributed by atoms with Gasteiger partial charge in [0, 0.05) is 45.0 Å². The van der Waals surface area contributed by atoms with Crippen LogP contribution in [0.1, 0.15) is 0 Å². The number of rotatable bonds is 5. The van der Waals surface area contributed by atoms with Crippen LogP contribution in [0, 0.1) is 0 Å². The first kappa shape index (κ1) is 21.1. The summed E-state index contributed by atoms with van der Waals surface area (Å²) in [6.45, 7) is 2.54. The van der Waals surface area contributed by atoms with Gasteiger partial charge in [-0.2, -0.15) is 17.0 Å². The quantitative estimate of drug-likeness (QED) is 0.663. The average Bonchev–Trinajstić information content (AvgIpc) is 2.76. The lowest BCUT2D eigenvalue weighted by atomic mass is 10.2. The molecule has 2 aliphatic heterocycles. The van der Waals surface area contributed by atoms with E-state index in [0.29, 0.717) is 58.0 Å². The lowest BCUT2D eigenvalue weighted by Gasteiger charge is -2.38. The number of alkyl halides is 2. The van der Waals surface area contributed by atoms with Crippen molar-refractivity contribution in [3.8, 4) is 0 Å². The Morgan fingerprint density at radius 3 is 2.37 bits per heavy atom. The number of hydrogen-bond donors (Lipinski definition) is 0. The van der Waals surface area contributed by atoms with Crippen molar-refractivity contribution in [3.05, 3.63) is 34.9 Å². The number of benzene rings is 1. The van der Waals surface area contributed by atoms with Crippen molar-refractivity contribution in [2.75, 3.05) is 57.4 Å². The van der Waals surface area contributed by atoms with Gasteiger partial charge in [-0.15, -0.1) is 0 Å². The van der Waals surface area contributed by atoms with E-state index in [2.05, 4.69) is 4.98 Å². The average molecular weight is 443 g/mol. The summed E-state index contributed by atoms with van der Waals surface area (Å²) in [7, 11) is -3.50. The Labute approximate surface area is 172 Å². The van der Waals surface area contributed by atoms with E-state index in [1.165, 1.54) is 8.61 Å². The van der Waals surface area contributed by atoms with Gasteiger partial charge in [0.2, 0.25) is 0 Å². The van der Waals surface area contributed by atoms with Crippen LogP contribution in [-0.2, 0) is 21.5 Å². The van der Waals surface area contributed by atoms with Gasteiger partial charge in [-0.05, 0) is 18.2 Å². The molecule has 2 fully saturated rings. The van der Waals surface area contributed by atoms with E-state index < -0.39 is 28.7 Å². The minimum Gasteiger partial charge on any atom is -0.379 e. The van der Waals surface area contributed by atoms with Gasteiger partial charge in [-0.1, -0.05) is 0 Å². The van der Waals surface area contributed by atoms with Crippen molar-refractivity contribution in [3.63, 3.8) is 0 Å². The number of nitrogens with zero attached hydrogens (tertiary/aromatic N) is 5. The maximum Gasteiger partial charge on any atom is 0.282 e. The smallest absolute Gasteiger partial charge is 0.282 e. The molecule has 1 aromatic heterocycles. The molecule has 9 nitrogen and oxygen atoms in total. The molecular formula is C18H23F2N5O4S. The third-order valence-corrected chi connectivity index (χ3v) is 7.41. The fourth-order valence-corrected chi connectivity index (χ4v) is 5.30. The van der Waals surface area contributed by atoms with Crippen LogP contribution in [0.5, 0.6) is 0 Å². The van der Waals surface area contributed by atoms with Gasteiger partial charge >= 0.3 is 0 Å². The summed E-state index contributed by atoms with van der Waals surface area (Å²) in [6, 6.07) is 5.05. The molecule has 164 valence electrons.